The molecule has 0 spiro atoms. The van der Waals surface area contributed by atoms with Gasteiger partial charge in [-0.15, -0.1) is 11.3 Å². The molecule has 2 aromatic heterocycles. The fourth-order valence-electron chi connectivity index (χ4n) is 3.77. The molecule has 0 atom stereocenters. The Morgan fingerprint density at radius 2 is 1.55 bits per heavy atom. The summed E-state index contributed by atoms with van der Waals surface area (Å²) in [6, 6.07) is 21.1. The number of sulfone groups is 1. The second-order valence-corrected chi connectivity index (χ2v) is 10.4. The lowest BCUT2D eigenvalue weighted by atomic mass is 10.2. The van der Waals surface area contributed by atoms with Gasteiger partial charge in [-0.1, -0.05) is 42.5 Å². The molecule has 1 aliphatic heterocycles. The Bertz CT molecular complexity index is 1340. The number of carbonyl (C=O) groups excluding carboxylic acids is 1. The highest BCUT2D eigenvalue weighted by molar-refractivity contribution is 7.91. The van der Waals surface area contributed by atoms with E-state index in [2.05, 4.69) is 4.98 Å². The fourth-order valence-corrected chi connectivity index (χ4v) is 5.76. The molecule has 3 heterocycles. The summed E-state index contributed by atoms with van der Waals surface area (Å²) in [6.45, 7) is 1.78. The second-order valence-electron chi connectivity index (χ2n) is 7.57. The number of piperazine rings is 1. The van der Waals surface area contributed by atoms with Crippen LogP contribution in [0.15, 0.2) is 92.5 Å². The molecule has 1 amide bonds. The highest BCUT2D eigenvalue weighted by Crippen LogP contribution is 2.36. The molecule has 1 fully saturated rings. The van der Waals surface area contributed by atoms with Crippen molar-refractivity contribution < 1.29 is 17.6 Å². The van der Waals surface area contributed by atoms with Crippen LogP contribution in [0.5, 0.6) is 0 Å². The van der Waals surface area contributed by atoms with Gasteiger partial charge in [-0.3, -0.25) is 4.79 Å². The van der Waals surface area contributed by atoms with Crippen molar-refractivity contribution in [3.8, 4) is 10.8 Å². The maximum Gasteiger partial charge on any atom is 0.253 e. The SMILES string of the molecule is O=C(c1ccccc1)N1CCN(c2oc(-c3cccs3)nc2S(=O)(=O)c2ccccc2)CC1. The molecule has 0 N–H and O–H groups in total. The quantitative estimate of drug-likeness (QED) is 0.427. The van der Waals surface area contributed by atoms with Crippen LogP contribution >= 0.6 is 11.3 Å². The largest absolute Gasteiger partial charge is 0.418 e. The topological polar surface area (TPSA) is 83.7 Å². The molecular formula is C24H21N3O4S2. The number of carbonyl (C=O) groups is 1. The minimum absolute atomic E-state index is 0.0378. The first-order chi connectivity index (χ1) is 16.0. The number of thiophene rings is 1. The van der Waals surface area contributed by atoms with Crippen LogP contribution in [0.4, 0.5) is 5.88 Å². The normalized spacial score (nSPS) is 14.4. The van der Waals surface area contributed by atoms with E-state index in [0.717, 1.165) is 4.88 Å². The Hall–Kier alpha value is -3.43. The van der Waals surface area contributed by atoms with E-state index in [4.69, 9.17) is 4.42 Å². The molecule has 1 saturated heterocycles. The number of aromatic nitrogens is 1. The van der Waals surface area contributed by atoms with Crippen LogP contribution in [0.3, 0.4) is 0 Å². The van der Waals surface area contributed by atoms with Crippen LogP contribution in [-0.2, 0) is 9.84 Å². The van der Waals surface area contributed by atoms with Crippen molar-refractivity contribution in [2.75, 3.05) is 31.1 Å². The lowest BCUT2D eigenvalue weighted by Gasteiger charge is -2.34. The number of benzene rings is 2. The van der Waals surface area contributed by atoms with Gasteiger partial charge in [0, 0.05) is 31.7 Å². The first-order valence-corrected chi connectivity index (χ1v) is 12.8. The Morgan fingerprint density at radius 3 is 2.18 bits per heavy atom. The number of amides is 1. The summed E-state index contributed by atoms with van der Waals surface area (Å²) in [6.07, 6.45) is 0. The number of anilines is 1. The van der Waals surface area contributed by atoms with E-state index in [1.54, 1.807) is 47.4 Å². The summed E-state index contributed by atoms with van der Waals surface area (Å²) < 4.78 is 32.9. The Kier molecular flexibility index (Phi) is 5.74. The predicted molar refractivity (Wildman–Crippen MR) is 126 cm³/mol. The molecular weight excluding hydrogens is 458 g/mol. The van der Waals surface area contributed by atoms with Gasteiger partial charge >= 0.3 is 0 Å². The van der Waals surface area contributed by atoms with Gasteiger partial charge in [-0.05, 0) is 35.7 Å². The Morgan fingerprint density at radius 1 is 0.879 bits per heavy atom. The molecule has 9 heteroatoms. The van der Waals surface area contributed by atoms with E-state index < -0.39 is 9.84 Å². The molecule has 1 aliphatic rings. The first-order valence-electron chi connectivity index (χ1n) is 10.5. The maximum absolute atomic E-state index is 13.4. The fraction of sp³-hybridized carbons (Fsp3) is 0.167. The molecule has 4 aromatic rings. The standard InChI is InChI=1S/C24H21N3O4S2/c28-23(18-8-3-1-4-9-18)26-13-15-27(16-14-26)24-22(25-21(31-24)20-12-7-17-32-20)33(29,30)19-10-5-2-6-11-19/h1-12,17H,13-16H2. The van der Waals surface area contributed by atoms with Crippen LogP contribution in [-0.4, -0.2) is 50.4 Å². The van der Waals surface area contributed by atoms with E-state index in [-0.39, 0.29) is 27.6 Å². The lowest BCUT2D eigenvalue weighted by molar-refractivity contribution is 0.0745. The third-order valence-electron chi connectivity index (χ3n) is 5.49. The summed E-state index contributed by atoms with van der Waals surface area (Å²) in [7, 11) is -3.88. The van der Waals surface area contributed by atoms with Gasteiger partial charge < -0.3 is 14.2 Å². The third kappa shape index (κ3) is 4.17. The Balaban J connectivity index is 1.45. The van der Waals surface area contributed by atoms with Crippen LogP contribution in [0.2, 0.25) is 0 Å². The molecule has 0 bridgehead atoms. The third-order valence-corrected chi connectivity index (χ3v) is 8.02. The number of oxazole rings is 1. The van der Waals surface area contributed by atoms with Crippen molar-refractivity contribution in [1.29, 1.82) is 0 Å². The molecule has 168 valence electrons. The van der Waals surface area contributed by atoms with Crippen molar-refractivity contribution in [1.82, 2.24) is 9.88 Å². The van der Waals surface area contributed by atoms with Gasteiger partial charge in [0.05, 0.1) is 9.77 Å². The zero-order chi connectivity index (χ0) is 22.8. The van der Waals surface area contributed by atoms with E-state index in [0.29, 0.717) is 31.7 Å². The van der Waals surface area contributed by atoms with E-state index in [1.165, 1.54) is 11.3 Å². The lowest BCUT2D eigenvalue weighted by Crippen LogP contribution is -2.49. The first kappa shape index (κ1) is 21.4. The molecule has 0 unspecified atom stereocenters. The Labute approximate surface area is 195 Å². The minimum Gasteiger partial charge on any atom is -0.418 e. The molecule has 2 aromatic carbocycles. The molecule has 0 aliphatic carbocycles. The van der Waals surface area contributed by atoms with Crippen molar-refractivity contribution >= 4 is 33.0 Å². The van der Waals surface area contributed by atoms with Crippen molar-refractivity contribution in [3.63, 3.8) is 0 Å². The maximum atomic E-state index is 13.4. The summed E-state index contributed by atoms with van der Waals surface area (Å²) in [5.74, 6) is 0.454. The van der Waals surface area contributed by atoms with Gasteiger partial charge in [-0.25, -0.2) is 8.42 Å². The second kappa shape index (κ2) is 8.84. The van der Waals surface area contributed by atoms with E-state index in [9.17, 15) is 13.2 Å². The zero-order valence-electron chi connectivity index (χ0n) is 17.6. The van der Waals surface area contributed by atoms with Gasteiger partial charge in [0.15, 0.2) is 0 Å². The number of hydrogen-bond donors (Lipinski definition) is 0. The van der Waals surface area contributed by atoms with E-state index in [1.807, 2.05) is 40.6 Å². The van der Waals surface area contributed by atoms with E-state index >= 15 is 0 Å². The molecule has 33 heavy (non-hydrogen) atoms. The molecule has 5 rings (SSSR count). The number of hydrogen-bond acceptors (Lipinski definition) is 7. The van der Waals surface area contributed by atoms with Crippen molar-refractivity contribution in [2.24, 2.45) is 0 Å². The monoisotopic (exact) mass is 479 g/mol. The van der Waals surface area contributed by atoms with Crippen LogP contribution < -0.4 is 4.90 Å². The number of rotatable bonds is 5. The van der Waals surface area contributed by atoms with Crippen LogP contribution in [0.25, 0.3) is 10.8 Å². The zero-order valence-corrected chi connectivity index (χ0v) is 19.3. The van der Waals surface area contributed by atoms with Crippen LogP contribution in [0.1, 0.15) is 10.4 Å². The van der Waals surface area contributed by atoms with Crippen LogP contribution in [0, 0.1) is 0 Å². The van der Waals surface area contributed by atoms with Gasteiger partial charge in [-0.2, -0.15) is 4.98 Å². The number of nitrogens with zero attached hydrogens (tertiary/aromatic N) is 3. The van der Waals surface area contributed by atoms with Gasteiger partial charge in [0.25, 0.3) is 5.91 Å². The molecule has 0 radical (unpaired) electrons. The summed E-state index contributed by atoms with van der Waals surface area (Å²) >= 11 is 1.43. The average Bonchev–Trinajstić information content (AvgIpc) is 3.55. The molecule has 0 saturated carbocycles. The minimum atomic E-state index is -3.88. The summed E-state index contributed by atoms with van der Waals surface area (Å²) in [5.41, 5.74) is 0.637. The van der Waals surface area contributed by atoms with Crippen molar-refractivity contribution in [3.05, 3.63) is 83.7 Å². The highest BCUT2D eigenvalue weighted by Gasteiger charge is 2.33. The van der Waals surface area contributed by atoms with Gasteiger partial charge in [0.1, 0.15) is 0 Å². The summed E-state index contributed by atoms with van der Waals surface area (Å²) in [4.78, 5) is 21.7. The average molecular weight is 480 g/mol. The predicted octanol–water partition coefficient (Wildman–Crippen LogP) is 4.20. The van der Waals surface area contributed by atoms with Gasteiger partial charge in [0.2, 0.25) is 26.6 Å². The highest BCUT2D eigenvalue weighted by atomic mass is 32.2. The smallest absolute Gasteiger partial charge is 0.253 e. The summed E-state index contributed by atoms with van der Waals surface area (Å²) in [5, 5.41) is 1.79. The van der Waals surface area contributed by atoms with Crippen molar-refractivity contribution in [2.45, 2.75) is 9.92 Å². The molecule has 7 nitrogen and oxygen atoms in total.